The summed E-state index contributed by atoms with van der Waals surface area (Å²) in [6, 6.07) is 17.3. The average molecular weight is 415 g/mol. The number of piperazine rings is 1. The lowest BCUT2D eigenvalue weighted by molar-refractivity contribution is 0.0539. The maximum absolute atomic E-state index is 13.0. The number of nitrogens with zero attached hydrogens (tertiary/aromatic N) is 6. The monoisotopic (exact) mass is 415 g/mol. The predicted octanol–water partition coefficient (Wildman–Crippen LogP) is 2.83. The Labute approximate surface area is 179 Å². The van der Waals surface area contributed by atoms with Crippen LogP contribution in [0, 0.1) is 18.4 Å². The number of nitriles is 1. The largest absolute Gasteiger partial charge is 0.338 e. The number of hydrogen-bond acceptors (Lipinski definition) is 6. The van der Waals surface area contributed by atoms with Crippen molar-refractivity contribution >= 4 is 17.6 Å². The fraction of sp³-hybridized carbons (Fsp3) is 0.227. The molecule has 3 aromatic rings. The van der Waals surface area contributed by atoms with Gasteiger partial charge in [0.2, 0.25) is 12.2 Å². The quantitative estimate of drug-likeness (QED) is 0.398. The van der Waals surface area contributed by atoms with E-state index < -0.39 is 0 Å². The Morgan fingerprint density at radius 2 is 1.97 bits per heavy atom. The van der Waals surface area contributed by atoms with Crippen LogP contribution in [0.4, 0.5) is 5.69 Å². The van der Waals surface area contributed by atoms with Gasteiger partial charge in [-0.05, 0) is 29.3 Å². The minimum absolute atomic E-state index is 0.165. The van der Waals surface area contributed by atoms with Gasteiger partial charge in [-0.2, -0.15) is 5.26 Å². The molecule has 4 rings (SSSR count). The van der Waals surface area contributed by atoms with Crippen LogP contribution in [-0.2, 0) is 0 Å². The molecule has 2 heterocycles. The van der Waals surface area contributed by atoms with Crippen molar-refractivity contribution in [2.45, 2.75) is 13.0 Å². The van der Waals surface area contributed by atoms with Gasteiger partial charge in [0.05, 0.1) is 6.04 Å². The number of aromatic nitrogens is 2. The van der Waals surface area contributed by atoms with Gasteiger partial charge in [-0.15, -0.1) is 4.99 Å². The molecule has 1 amide bonds. The van der Waals surface area contributed by atoms with Gasteiger partial charge in [0.1, 0.15) is 6.20 Å². The van der Waals surface area contributed by atoms with E-state index in [2.05, 4.69) is 25.3 Å². The average Bonchev–Trinajstić information content (AvgIpc) is 3.35. The van der Waals surface area contributed by atoms with Gasteiger partial charge in [-0.3, -0.25) is 4.79 Å². The Kier molecular flexibility index (Phi) is 5.89. The van der Waals surface area contributed by atoms with E-state index >= 15 is 0 Å². The molecule has 1 unspecified atom stereocenters. The maximum Gasteiger partial charge on any atom is 0.278 e. The van der Waals surface area contributed by atoms with Crippen LogP contribution >= 0.6 is 0 Å². The number of nitrogens with one attached hydrogen (secondary N) is 1. The number of guanidine groups is 1. The van der Waals surface area contributed by atoms with E-state index in [0.717, 1.165) is 16.8 Å². The van der Waals surface area contributed by atoms with Crippen LogP contribution in [-0.4, -0.2) is 51.6 Å². The van der Waals surface area contributed by atoms with Crippen LogP contribution in [0.2, 0.25) is 0 Å². The molecule has 1 saturated heterocycles. The van der Waals surface area contributed by atoms with Gasteiger partial charge in [0.25, 0.3) is 5.91 Å². The molecule has 0 bridgehead atoms. The topological polar surface area (TPSA) is 111 Å². The third kappa shape index (κ3) is 4.38. The Morgan fingerprint density at radius 1 is 1.19 bits per heavy atom. The SMILES string of the molecule is Cc1ccccc1N/C(=N/C#N)N1CCN(C(=O)c2cnon2)C(c2ccccc2)C1. The Morgan fingerprint density at radius 3 is 2.68 bits per heavy atom. The molecule has 0 spiro atoms. The van der Waals surface area contributed by atoms with Crippen LogP contribution < -0.4 is 5.32 Å². The minimum Gasteiger partial charge on any atom is -0.338 e. The van der Waals surface area contributed by atoms with Crippen LogP contribution in [0.5, 0.6) is 0 Å². The minimum atomic E-state index is -0.262. The van der Waals surface area contributed by atoms with E-state index in [0.29, 0.717) is 25.6 Å². The molecule has 1 aliphatic heterocycles. The number of hydrogen-bond donors (Lipinski definition) is 1. The molecule has 31 heavy (non-hydrogen) atoms. The second-order valence-corrected chi connectivity index (χ2v) is 7.14. The van der Waals surface area contributed by atoms with E-state index in [9.17, 15) is 10.1 Å². The second-order valence-electron chi connectivity index (χ2n) is 7.14. The van der Waals surface area contributed by atoms with Gasteiger partial charge >= 0.3 is 0 Å². The summed E-state index contributed by atoms with van der Waals surface area (Å²) in [5, 5.41) is 19.8. The van der Waals surface area contributed by atoms with Crippen molar-refractivity contribution in [3.63, 3.8) is 0 Å². The molecule has 1 N–H and O–H groups in total. The van der Waals surface area contributed by atoms with Crippen molar-refractivity contribution in [3.8, 4) is 6.19 Å². The van der Waals surface area contributed by atoms with Gasteiger partial charge < -0.3 is 15.1 Å². The number of amides is 1. The summed E-state index contributed by atoms with van der Waals surface area (Å²) in [7, 11) is 0. The van der Waals surface area contributed by atoms with Crippen LogP contribution in [0.25, 0.3) is 0 Å². The van der Waals surface area contributed by atoms with Gasteiger partial charge in [-0.1, -0.05) is 53.7 Å². The van der Waals surface area contributed by atoms with Crippen molar-refractivity contribution in [2.24, 2.45) is 4.99 Å². The van der Waals surface area contributed by atoms with Gasteiger partial charge in [0, 0.05) is 25.3 Å². The first-order chi connectivity index (χ1) is 15.2. The number of aliphatic imine (C=N–C) groups is 1. The Bertz CT molecular complexity index is 1110. The zero-order chi connectivity index (χ0) is 21.6. The number of rotatable bonds is 3. The third-order valence-corrected chi connectivity index (χ3v) is 5.25. The summed E-state index contributed by atoms with van der Waals surface area (Å²) in [5.41, 5.74) is 3.06. The van der Waals surface area contributed by atoms with Crippen molar-refractivity contribution in [3.05, 3.63) is 77.6 Å². The van der Waals surface area contributed by atoms with Crippen molar-refractivity contribution < 1.29 is 9.42 Å². The molecule has 1 fully saturated rings. The highest BCUT2D eigenvalue weighted by Crippen LogP contribution is 2.27. The smallest absolute Gasteiger partial charge is 0.278 e. The molecule has 0 saturated carbocycles. The Balaban J connectivity index is 1.62. The second kappa shape index (κ2) is 9.09. The summed E-state index contributed by atoms with van der Waals surface area (Å²) in [4.78, 5) is 20.8. The maximum atomic E-state index is 13.0. The highest BCUT2D eigenvalue weighted by atomic mass is 16.6. The van der Waals surface area contributed by atoms with Crippen LogP contribution in [0.3, 0.4) is 0 Å². The van der Waals surface area contributed by atoms with Crippen LogP contribution in [0.15, 0.2) is 70.4 Å². The number of carbonyl (C=O) groups excluding carboxylic acids is 1. The molecule has 2 aromatic carbocycles. The summed E-state index contributed by atoms with van der Waals surface area (Å²) >= 11 is 0. The summed E-state index contributed by atoms with van der Waals surface area (Å²) in [6.07, 6.45) is 3.21. The number of para-hydroxylation sites is 1. The van der Waals surface area contributed by atoms with Crippen molar-refractivity contribution in [2.75, 3.05) is 25.0 Å². The van der Waals surface area contributed by atoms with E-state index in [4.69, 9.17) is 0 Å². The number of aryl methyl sites for hydroxylation is 1. The first-order valence-corrected chi connectivity index (χ1v) is 9.85. The molecule has 9 heteroatoms. The first-order valence-electron chi connectivity index (χ1n) is 9.85. The van der Waals surface area contributed by atoms with Gasteiger partial charge in [0.15, 0.2) is 5.69 Å². The lowest BCUT2D eigenvalue weighted by Gasteiger charge is -2.42. The number of anilines is 1. The highest BCUT2D eigenvalue weighted by molar-refractivity contribution is 5.96. The lowest BCUT2D eigenvalue weighted by Crippen LogP contribution is -2.53. The zero-order valence-electron chi connectivity index (χ0n) is 17.0. The highest BCUT2D eigenvalue weighted by Gasteiger charge is 2.34. The van der Waals surface area contributed by atoms with Crippen LogP contribution in [0.1, 0.15) is 27.7 Å². The lowest BCUT2D eigenvalue weighted by atomic mass is 10.0. The molecule has 1 atom stereocenters. The fourth-order valence-electron chi connectivity index (χ4n) is 3.64. The molecule has 0 aliphatic carbocycles. The fourth-order valence-corrected chi connectivity index (χ4v) is 3.64. The molecular formula is C22H21N7O2. The predicted molar refractivity (Wildman–Crippen MR) is 114 cm³/mol. The first kappa shape index (κ1) is 20.1. The molecular weight excluding hydrogens is 394 g/mol. The number of carbonyl (C=O) groups is 1. The molecule has 156 valence electrons. The van der Waals surface area contributed by atoms with Crippen molar-refractivity contribution in [1.82, 2.24) is 20.1 Å². The Hall–Kier alpha value is -4.19. The van der Waals surface area contributed by atoms with E-state index in [1.54, 1.807) is 4.90 Å². The normalized spacial score (nSPS) is 16.6. The summed E-state index contributed by atoms with van der Waals surface area (Å²) < 4.78 is 4.61. The molecule has 1 aliphatic rings. The van der Waals surface area contributed by atoms with E-state index in [-0.39, 0.29) is 17.6 Å². The molecule has 9 nitrogen and oxygen atoms in total. The van der Waals surface area contributed by atoms with Gasteiger partial charge in [-0.25, -0.2) is 4.63 Å². The zero-order valence-corrected chi connectivity index (χ0v) is 17.0. The third-order valence-electron chi connectivity index (χ3n) is 5.25. The summed E-state index contributed by atoms with van der Waals surface area (Å²) in [5.74, 6) is 0.202. The van der Waals surface area contributed by atoms with Crippen molar-refractivity contribution in [1.29, 1.82) is 5.26 Å². The molecule has 1 aromatic heterocycles. The molecule has 0 radical (unpaired) electrons. The standard InChI is InChI=1S/C22H21N7O2/c1-16-7-5-6-10-18(16)26-22(24-15-23)28-11-12-29(21(30)19-13-25-31-27-19)20(14-28)17-8-3-2-4-9-17/h2-10,13,20H,11-12,14H2,1H3,(H,24,26). The summed E-state index contributed by atoms with van der Waals surface area (Å²) in [6.45, 7) is 3.37. The van der Waals surface area contributed by atoms with E-state index in [1.807, 2.05) is 72.6 Å². The number of benzene rings is 2. The van der Waals surface area contributed by atoms with E-state index in [1.165, 1.54) is 6.20 Å².